The molecule has 0 spiro atoms. The second-order valence-corrected chi connectivity index (χ2v) is 7.61. The Hall–Kier alpha value is -3.24. The first-order valence-electron chi connectivity index (χ1n) is 9.90. The van der Waals surface area contributed by atoms with Crippen LogP contribution in [-0.4, -0.2) is 68.3 Å². The Labute approximate surface area is 192 Å². The highest BCUT2D eigenvalue weighted by Gasteiger charge is 2.53. The maximum absolute atomic E-state index is 12.4. The first-order chi connectivity index (χ1) is 15.3. The lowest BCUT2D eigenvalue weighted by atomic mass is 9.97. The molecule has 0 bridgehead atoms. The van der Waals surface area contributed by atoms with Gasteiger partial charge in [0.2, 0.25) is 0 Å². The van der Waals surface area contributed by atoms with E-state index < -0.39 is 61.2 Å². The van der Waals surface area contributed by atoms with E-state index in [4.69, 9.17) is 28.4 Å². The highest BCUT2D eigenvalue weighted by Crippen LogP contribution is 2.30. The molecular formula is C23H30O10. The molecule has 1 aliphatic heterocycles. The van der Waals surface area contributed by atoms with Gasteiger partial charge in [0.05, 0.1) is 0 Å². The molecule has 5 atom stereocenters. The van der Waals surface area contributed by atoms with Crippen molar-refractivity contribution in [3.63, 3.8) is 0 Å². The molecule has 0 aromatic carbocycles. The van der Waals surface area contributed by atoms with Crippen molar-refractivity contribution in [3.8, 4) is 0 Å². The molecule has 0 aromatic heterocycles. The lowest BCUT2D eigenvalue weighted by Gasteiger charge is -2.44. The van der Waals surface area contributed by atoms with Gasteiger partial charge >= 0.3 is 23.9 Å². The van der Waals surface area contributed by atoms with Crippen molar-refractivity contribution in [3.05, 3.63) is 48.6 Å². The van der Waals surface area contributed by atoms with Gasteiger partial charge in [0.15, 0.2) is 24.6 Å². The van der Waals surface area contributed by atoms with E-state index in [1.165, 1.54) is 34.8 Å². The van der Waals surface area contributed by atoms with Crippen LogP contribution in [0.2, 0.25) is 0 Å². The molecule has 2 unspecified atom stereocenters. The molecule has 1 saturated heterocycles. The fraction of sp³-hybridized carbons (Fsp3) is 0.478. The third-order valence-electron chi connectivity index (χ3n) is 4.33. The Kier molecular flexibility index (Phi) is 10.2. The number of esters is 4. The van der Waals surface area contributed by atoms with E-state index in [1.807, 2.05) is 0 Å². The molecule has 0 aromatic rings. The van der Waals surface area contributed by atoms with Crippen LogP contribution in [0.3, 0.4) is 0 Å². The molecule has 182 valence electrons. The highest BCUT2D eigenvalue weighted by molar-refractivity contribution is 5.89. The summed E-state index contributed by atoms with van der Waals surface area (Å²) in [5.74, 6) is -3.22. The summed E-state index contributed by atoms with van der Waals surface area (Å²) in [5.41, 5.74) is 0.267. The molecule has 0 N–H and O–H groups in total. The number of methoxy groups -OCH3 is 1. The largest absolute Gasteiger partial charge is 0.459 e. The summed E-state index contributed by atoms with van der Waals surface area (Å²) in [6.45, 7) is 19.3. The standard InChI is InChI=1S/C23H30O10/c1-11(2)19(24)29-10-15-16(31-20(25)12(3)4)17(32-21(26)13(5)6)18(23(28-9)30-15)33-22(27)14(7)8/h15-18,23H,1,3,5,7,10H2,2,4,6,8-9H3/t15?,16-,17?,18+,23-/m1/s1. The molecule has 0 aliphatic carbocycles. The van der Waals surface area contributed by atoms with Gasteiger partial charge in [-0.3, -0.25) is 0 Å². The number of carbonyl (C=O) groups excluding carboxylic acids is 4. The van der Waals surface area contributed by atoms with Gasteiger partial charge in [-0.25, -0.2) is 19.2 Å². The van der Waals surface area contributed by atoms with Crippen LogP contribution in [0.25, 0.3) is 0 Å². The molecule has 10 heteroatoms. The Morgan fingerprint density at radius 3 is 1.45 bits per heavy atom. The molecule has 10 nitrogen and oxygen atoms in total. The van der Waals surface area contributed by atoms with Gasteiger partial charge in [-0.1, -0.05) is 26.3 Å². The molecule has 33 heavy (non-hydrogen) atoms. The lowest BCUT2D eigenvalue weighted by Crippen LogP contribution is -2.63. The van der Waals surface area contributed by atoms with Crippen molar-refractivity contribution < 1.29 is 47.6 Å². The minimum atomic E-state index is -1.41. The van der Waals surface area contributed by atoms with E-state index in [9.17, 15) is 19.2 Å². The molecule has 1 heterocycles. The normalized spacial score (nSPS) is 24.1. The van der Waals surface area contributed by atoms with Crippen LogP contribution < -0.4 is 0 Å². The van der Waals surface area contributed by atoms with Gasteiger partial charge in [-0.2, -0.15) is 0 Å². The number of rotatable bonds is 10. The van der Waals surface area contributed by atoms with Gasteiger partial charge in [0.25, 0.3) is 0 Å². The smallest absolute Gasteiger partial charge is 0.333 e. The quantitative estimate of drug-likeness (QED) is 0.268. The van der Waals surface area contributed by atoms with Crippen LogP contribution in [-0.2, 0) is 47.6 Å². The van der Waals surface area contributed by atoms with Crippen molar-refractivity contribution in [2.75, 3.05) is 13.7 Å². The first-order valence-corrected chi connectivity index (χ1v) is 9.90. The molecule has 1 rings (SSSR count). The summed E-state index contributed by atoms with van der Waals surface area (Å²) in [6.07, 6.45) is -6.58. The van der Waals surface area contributed by atoms with Gasteiger partial charge in [0.1, 0.15) is 12.7 Å². The van der Waals surface area contributed by atoms with Gasteiger partial charge in [-0.05, 0) is 27.7 Å². The number of ether oxygens (including phenoxy) is 6. The van der Waals surface area contributed by atoms with E-state index in [-0.39, 0.29) is 22.3 Å². The SMILES string of the molecule is C=C(C)C(=O)OCC1O[C@@H](OC)[C@@H](OC(=O)C(=C)C)C(OC(=O)C(=C)C)[C@@H]1OC(=O)C(=C)C. The zero-order chi connectivity index (χ0) is 25.5. The third kappa shape index (κ3) is 7.69. The number of carbonyl (C=O) groups is 4. The Morgan fingerprint density at radius 1 is 0.667 bits per heavy atom. The van der Waals surface area contributed by atoms with Gasteiger partial charge in [0, 0.05) is 29.4 Å². The lowest BCUT2D eigenvalue weighted by molar-refractivity contribution is -0.301. The minimum absolute atomic E-state index is 0.0377. The average Bonchev–Trinajstić information content (AvgIpc) is 2.73. The molecule has 0 amide bonds. The molecule has 1 fully saturated rings. The summed E-state index contributed by atoms with van der Waals surface area (Å²) >= 11 is 0. The predicted molar refractivity (Wildman–Crippen MR) is 116 cm³/mol. The molecule has 0 radical (unpaired) electrons. The van der Waals surface area contributed by atoms with Crippen LogP contribution in [0.5, 0.6) is 0 Å². The monoisotopic (exact) mass is 466 g/mol. The molecular weight excluding hydrogens is 436 g/mol. The van der Waals surface area contributed by atoms with E-state index in [0.717, 1.165) is 0 Å². The van der Waals surface area contributed by atoms with E-state index in [0.29, 0.717) is 0 Å². The van der Waals surface area contributed by atoms with Crippen molar-refractivity contribution in [2.45, 2.75) is 58.4 Å². The van der Waals surface area contributed by atoms with Crippen LogP contribution in [0.1, 0.15) is 27.7 Å². The molecule has 0 saturated carbocycles. The first kappa shape index (κ1) is 27.8. The van der Waals surface area contributed by atoms with Crippen molar-refractivity contribution in [2.24, 2.45) is 0 Å². The summed E-state index contributed by atoms with van der Waals surface area (Å²) in [5, 5.41) is 0. The zero-order valence-electron chi connectivity index (χ0n) is 19.5. The second kappa shape index (κ2) is 12.1. The molecule has 1 aliphatic rings. The third-order valence-corrected chi connectivity index (χ3v) is 4.33. The Balaban J connectivity index is 3.45. The Morgan fingerprint density at radius 2 is 1.06 bits per heavy atom. The van der Waals surface area contributed by atoms with Crippen molar-refractivity contribution in [1.29, 1.82) is 0 Å². The number of hydrogen-bond donors (Lipinski definition) is 0. The minimum Gasteiger partial charge on any atom is -0.459 e. The fourth-order valence-electron chi connectivity index (χ4n) is 2.56. The second-order valence-electron chi connectivity index (χ2n) is 7.61. The van der Waals surface area contributed by atoms with Crippen LogP contribution in [0.15, 0.2) is 48.6 Å². The summed E-state index contributed by atoms with van der Waals surface area (Å²) in [7, 11) is 1.26. The summed E-state index contributed by atoms with van der Waals surface area (Å²) < 4.78 is 32.6. The van der Waals surface area contributed by atoms with Gasteiger partial charge < -0.3 is 28.4 Å². The topological polar surface area (TPSA) is 124 Å². The van der Waals surface area contributed by atoms with Crippen molar-refractivity contribution in [1.82, 2.24) is 0 Å². The van der Waals surface area contributed by atoms with Crippen LogP contribution >= 0.6 is 0 Å². The average molecular weight is 466 g/mol. The maximum atomic E-state index is 12.4. The summed E-state index contributed by atoms with van der Waals surface area (Å²) in [4.78, 5) is 48.9. The van der Waals surface area contributed by atoms with Crippen molar-refractivity contribution >= 4 is 23.9 Å². The Bertz CT molecular complexity index is 855. The van der Waals surface area contributed by atoms with E-state index in [1.54, 1.807) is 0 Å². The van der Waals surface area contributed by atoms with Crippen LogP contribution in [0.4, 0.5) is 0 Å². The van der Waals surface area contributed by atoms with Crippen LogP contribution in [0, 0.1) is 0 Å². The fourth-order valence-corrected chi connectivity index (χ4v) is 2.56. The van der Waals surface area contributed by atoms with Gasteiger partial charge in [-0.15, -0.1) is 0 Å². The number of hydrogen-bond acceptors (Lipinski definition) is 10. The summed E-state index contributed by atoms with van der Waals surface area (Å²) in [6, 6.07) is 0. The van der Waals surface area contributed by atoms with E-state index in [2.05, 4.69) is 26.3 Å². The predicted octanol–water partition coefficient (Wildman–Crippen LogP) is 1.94. The zero-order valence-corrected chi connectivity index (χ0v) is 19.5. The highest BCUT2D eigenvalue weighted by atomic mass is 16.7. The van der Waals surface area contributed by atoms with E-state index >= 15 is 0 Å². The maximum Gasteiger partial charge on any atom is 0.333 e.